The third-order valence-electron chi connectivity index (χ3n) is 4.61. The first-order valence-corrected chi connectivity index (χ1v) is 10.0. The van der Waals surface area contributed by atoms with Crippen molar-refractivity contribution in [3.05, 3.63) is 65.1 Å². The van der Waals surface area contributed by atoms with E-state index < -0.39 is 0 Å². The van der Waals surface area contributed by atoms with Crippen LogP contribution >= 0.6 is 11.3 Å². The predicted molar refractivity (Wildman–Crippen MR) is 116 cm³/mol. The summed E-state index contributed by atoms with van der Waals surface area (Å²) in [6.07, 6.45) is 3.07. The van der Waals surface area contributed by atoms with Crippen LogP contribution in [0.4, 0.5) is 4.39 Å². The van der Waals surface area contributed by atoms with Crippen molar-refractivity contribution in [1.29, 1.82) is 0 Å². The SMILES string of the molecule is COc1cc(/C=C/C(=O)c2c(-c3ccc(F)cc3)nc3scnn23)cc(OC)c1OC. The summed E-state index contributed by atoms with van der Waals surface area (Å²) in [6.45, 7) is 0. The molecule has 0 saturated carbocycles. The zero-order chi connectivity index (χ0) is 22.0. The van der Waals surface area contributed by atoms with Gasteiger partial charge in [0, 0.05) is 5.56 Å². The lowest BCUT2D eigenvalue weighted by atomic mass is 10.1. The number of carbonyl (C=O) groups excluding carboxylic acids is 1. The van der Waals surface area contributed by atoms with Crippen molar-refractivity contribution in [2.24, 2.45) is 0 Å². The number of ketones is 1. The van der Waals surface area contributed by atoms with E-state index in [4.69, 9.17) is 14.2 Å². The lowest BCUT2D eigenvalue weighted by Crippen LogP contribution is -2.03. The maximum absolute atomic E-state index is 13.3. The Morgan fingerprint density at radius 3 is 2.35 bits per heavy atom. The van der Waals surface area contributed by atoms with Gasteiger partial charge in [-0.3, -0.25) is 4.79 Å². The molecular formula is C22H18FN3O4S. The molecule has 158 valence electrons. The number of benzene rings is 2. The topological polar surface area (TPSA) is 75.0 Å². The van der Waals surface area contributed by atoms with Gasteiger partial charge < -0.3 is 14.2 Å². The number of aromatic nitrogens is 3. The van der Waals surface area contributed by atoms with Crippen LogP contribution in [0.25, 0.3) is 22.3 Å². The monoisotopic (exact) mass is 439 g/mol. The Labute approximate surface area is 181 Å². The second-order valence-electron chi connectivity index (χ2n) is 6.41. The fraction of sp³-hybridized carbons (Fsp3) is 0.136. The summed E-state index contributed by atoms with van der Waals surface area (Å²) >= 11 is 1.31. The van der Waals surface area contributed by atoms with Gasteiger partial charge in [-0.2, -0.15) is 9.61 Å². The minimum atomic E-state index is -0.363. The first kappa shape index (κ1) is 20.5. The number of allylic oxidation sites excluding steroid dienone is 1. The maximum Gasteiger partial charge on any atom is 0.213 e. The van der Waals surface area contributed by atoms with Crippen LogP contribution in [-0.4, -0.2) is 41.7 Å². The molecule has 0 aliphatic rings. The van der Waals surface area contributed by atoms with Gasteiger partial charge in [-0.15, -0.1) is 0 Å². The van der Waals surface area contributed by atoms with Crippen LogP contribution in [0.3, 0.4) is 0 Å². The molecule has 2 aromatic carbocycles. The van der Waals surface area contributed by atoms with Crippen LogP contribution in [0.2, 0.25) is 0 Å². The van der Waals surface area contributed by atoms with E-state index >= 15 is 0 Å². The van der Waals surface area contributed by atoms with Crippen molar-refractivity contribution in [3.8, 4) is 28.5 Å². The third-order valence-corrected chi connectivity index (χ3v) is 5.29. The summed E-state index contributed by atoms with van der Waals surface area (Å²) in [5, 5.41) is 4.22. The van der Waals surface area contributed by atoms with Crippen molar-refractivity contribution >= 4 is 28.2 Å². The number of methoxy groups -OCH3 is 3. The quantitative estimate of drug-likeness (QED) is 0.311. The number of halogens is 1. The molecule has 0 bridgehead atoms. The van der Waals surface area contributed by atoms with E-state index in [1.165, 1.54) is 55.4 Å². The molecule has 0 unspecified atom stereocenters. The average Bonchev–Trinajstić information content (AvgIpc) is 3.38. The zero-order valence-corrected chi connectivity index (χ0v) is 17.8. The molecule has 2 aromatic heterocycles. The lowest BCUT2D eigenvalue weighted by Gasteiger charge is -2.12. The van der Waals surface area contributed by atoms with Crippen LogP contribution in [0.15, 0.2) is 48.0 Å². The van der Waals surface area contributed by atoms with Crippen molar-refractivity contribution in [2.45, 2.75) is 0 Å². The highest BCUT2D eigenvalue weighted by atomic mass is 32.1. The molecule has 9 heteroatoms. The highest BCUT2D eigenvalue weighted by Crippen LogP contribution is 2.38. The van der Waals surface area contributed by atoms with E-state index in [9.17, 15) is 9.18 Å². The molecule has 0 amide bonds. The van der Waals surface area contributed by atoms with Gasteiger partial charge in [-0.25, -0.2) is 9.37 Å². The van der Waals surface area contributed by atoms with Gasteiger partial charge >= 0.3 is 0 Å². The highest BCUT2D eigenvalue weighted by molar-refractivity contribution is 7.14. The molecule has 0 fully saturated rings. The molecule has 0 saturated heterocycles. The first-order chi connectivity index (χ1) is 15.0. The molecule has 7 nitrogen and oxygen atoms in total. The fourth-order valence-electron chi connectivity index (χ4n) is 3.17. The summed E-state index contributed by atoms with van der Waals surface area (Å²) in [5.74, 6) is 0.760. The zero-order valence-electron chi connectivity index (χ0n) is 17.0. The number of rotatable bonds is 7. The first-order valence-electron chi connectivity index (χ1n) is 9.16. The Balaban J connectivity index is 1.74. The highest BCUT2D eigenvalue weighted by Gasteiger charge is 2.21. The Bertz CT molecular complexity index is 1250. The Kier molecular flexibility index (Phi) is 5.68. The molecule has 0 radical (unpaired) electrons. The molecule has 4 aromatic rings. The summed E-state index contributed by atoms with van der Waals surface area (Å²) in [6, 6.07) is 9.30. The smallest absolute Gasteiger partial charge is 0.213 e. The summed E-state index contributed by atoms with van der Waals surface area (Å²) in [5.41, 5.74) is 3.66. The summed E-state index contributed by atoms with van der Waals surface area (Å²) in [7, 11) is 4.57. The molecule has 0 N–H and O–H groups in total. The molecule has 0 spiro atoms. The second kappa shape index (κ2) is 8.57. The second-order valence-corrected chi connectivity index (χ2v) is 7.22. The van der Waals surface area contributed by atoms with E-state index in [0.29, 0.717) is 44.7 Å². The van der Waals surface area contributed by atoms with Gasteiger partial charge in [-0.1, -0.05) is 17.4 Å². The van der Waals surface area contributed by atoms with E-state index in [2.05, 4.69) is 10.1 Å². The number of hydrogen-bond acceptors (Lipinski definition) is 7. The standard InChI is InChI=1S/C22H18FN3O4S/c1-28-17-10-13(11-18(29-2)21(17)30-3)4-9-16(27)20-19(14-5-7-15(23)8-6-14)25-22-26(20)24-12-31-22/h4-12H,1-3H3/b9-4+. The minimum absolute atomic E-state index is 0.298. The van der Waals surface area contributed by atoms with Gasteiger partial charge in [0.1, 0.15) is 22.7 Å². The lowest BCUT2D eigenvalue weighted by molar-refractivity contribution is 0.104. The van der Waals surface area contributed by atoms with Gasteiger partial charge in [0.25, 0.3) is 0 Å². The van der Waals surface area contributed by atoms with Crippen LogP contribution in [-0.2, 0) is 0 Å². The Hall–Kier alpha value is -3.72. The third kappa shape index (κ3) is 3.87. The number of carbonyl (C=O) groups is 1. The Morgan fingerprint density at radius 2 is 1.74 bits per heavy atom. The minimum Gasteiger partial charge on any atom is -0.493 e. The molecule has 0 aliphatic heterocycles. The Morgan fingerprint density at radius 1 is 1.06 bits per heavy atom. The molecule has 0 atom stereocenters. The number of nitrogens with zero attached hydrogens (tertiary/aromatic N) is 3. The van der Waals surface area contributed by atoms with Crippen LogP contribution in [0.5, 0.6) is 17.2 Å². The van der Waals surface area contributed by atoms with E-state index in [1.807, 2.05) is 0 Å². The molecule has 31 heavy (non-hydrogen) atoms. The van der Waals surface area contributed by atoms with Crippen LogP contribution in [0.1, 0.15) is 16.1 Å². The molecular weight excluding hydrogens is 421 g/mol. The molecule has 0 aliphatic carbocycles. The normalized spacial score (nSPS) is 11.2. The maximum atomic E-state index is 13.3. The van der Waals surface area contributed by atoms with E-state index in [0.717, 1.165) is 0 Å². The van der Waals surface area contributed by atoms with Crippen molar-refractivity contribution in [2.75, 3.05) is 21.3 Å². The van der Waals surface area contributed by atoms with Crippen LogP contribution < -0.4 is 14.2 Å². The average molecular weight is 439 g/mol. The van der Waals surface area contributed by atoms with Gasteiger partial charge in [0.05, 0.1) is 21.3 Å². The van der Waals surface area contributed by atoms with Crippen molar-refractivity contribution in [1.82, 2.24) is 14.6 Å². The van der Waals surface area contributed by atoms with E-state index in [-0.39, 0.29) is 11.6 Å². The summed E-state index contributed by atoms with van der Waals surface area (Å²) in [4.78, 5) is 18.2. The number of imidazole rings is 1. The predicted octanol–water partition coefficient (Wildman–Crippen LogP) is 4.52. The van der Waals surface area contributed by atoms with Gasteiger partial charge in [-0.05, 0) is 48.0 Å². The molecule has 2 heterocycles. The number of hydrogen-bond donors (Lipinski definition) is 0. The number of ether oxygens (including phenoxy) is 3. The van der Waals surface area contributed by atoms with Crippen molar-refractivity contribution < 1.29 is 23.4 Å². The summed E-state index contributed by atoms with van der Waals surface area (Å²) < 4.78 is 30.9. The molecule has 4 rings (SSSR count). The largest absolute Gasteiger partial charge is 0.493 e. The van der Waals surface area contributed by atoms with Crippen LogP contribution in [0, 0.1) is 5.82 Å². The van der Waals surface area contributed by atoms with E-state index in [1.54, 1.807) is 35.9 Å². The fourth-order valence-corrected chi connectivity index (χ4v) is 3.79. The number of fused-ring (bicyclic) bond motifs is 1. The van der Waals surface area contributed by atoms with Gasteiger partial charge in [0.2, 0.25) is 16.5 Å². The van der Waals surface area contributed by atoms with Crippen molar-refractivity contribution in [3.63, 3.8) is 0 Å². The van der Waals surface area contributed by atoms with Gasteiger partial charge in [0.15, 0.2) is 11.5 Å².